The van der Waals surface area contributed by atoms with Gasteiger partial charge in [0.2, 0.25) is 11.9 Å². The van der Waals surface area contributed by atoms with Crippen molar-refractivity contribution in [2.45, 2.75) is 0 Å². The Bertz CT molecular complexity index is 930. The predicted molar refractivity (Wildman–Crippen MR) is 78.5 cm³/mol. The van der Waals surface area contributed by atoms with E-state index in [2.05, 4.69) is 46.2 Å². The number of aromatic nitrogens is 9. The first-order chi connectivity index (χ1) is 11.3. The van der Waals surface area contributed by atoms with E-state index in [1.807, 2.05) is 24.3 Å². The summed E-state index contributed by atoms with van der Waals surface area (Å²) in [7, 11) is 1.61. The van der Waals surface area contributed by atoms with Crippen LogP contribution in [0.15, 0.2) is 30.5 Å². The Kier molecular flexibility index (Phi) is 3.00. The fourth-order valence-electron chi connectivity index (χ4n) is 2.00. The smallest absolute Gasteiger partial charge is 0.247 e. The van der Waals surface area contributed by atoms with Crippen LogP contribution in [0.2, 0.25) is 0 Å². The van der Waals surface area contributed by atoms with Gasteiger partial charge in [-0.05, 0) is 34.7 Å². The molecule has 0 unspecified atom stereocenters. The Morgan fingerprint density at radius 1 is 1.17 bits per heavy atom. The number of methoxy groups -OCH3 is 1. The van der Waals surface area contributed by atoms with Crippen LogP contribution >= 0.6 is 0 Å². The van der Waals surface area contributed by atoms with Crippen molar-refractivity contribution in [3.05, 3.63) is 30.5 Å². The largest absolute Gasteiger partial charge is 0.497 e. The maximum atomic E-state index is 5.15. The highest BCUT2D eigenvalue weighted by Crippen LogP contribution is 2.18. The molecule has 3 aromatic heterocycles. The number of hydrogen-bond acceptors (Lipinski definition) is 9. The molecule has 1 aromatic carbocycles. The second kappa shape index (κ2) is 5.29. The zero-order valence-electron chi connectivity index (χ0n) is 11.9. The van der Waals surface area contributed by atoms with Crippen molar-refractivity contribution in [1.82, 2.24) is 45.6 Å². The molecule has 2 N–H and O–H groups in total. The average Bonchev–Trinajstić information content (AvgIpc) is 3.24. The molecule has 114 valence electrons. The fourth-order valence-corrected chi connectivity index (χ4v) is 2.00. The second-order valence-corrected chi connectivity index (χ2v) is 4.48. The van der Waals surface area contributed by atoms with Crippen LogP contribution < -0.4 is 10.1 Å². The molecular weight excluding hydrogens is 300 g/mol. The number of tetrazole rings is 1. The highest BCUT2D eigenvalue weighted by atomic mass is 16.5. The van der Waals surface area contributed by atoms with Crippen LogP contribution in [0.4, 0.5) is 11.9 Å². The van der Waals surface area contributed by atoms with Crippen LogP contribution in [-0.4, -0.2) is 52.7 Å². The number of fused-ring (bicyclic) bond motifs is 1. The lowest BCUT2D eigenvalue weighted by Gasteiger charge is -2.04. The first-order valence-corrected chi connectivity index (χ1v) is 6.57. The minimum Gasteiger partial charge on any atom is -0.497 e. The monoisotopic (exact) mass is 310 g/mol. The molecule has 0 atom stereocenters. The Hall–Kier alpha value is -3.63. The van der Waals surface area contributed by atoms with Crippen LogP contribution in [0.25, 0.3) is 16.9 Å². The molecule has 0 saturated carbocycles. The SMILES string of the molecule is COc1ccc(-n2nnc3cnc(Nc4nnn[nH]4)nc32)cc1. The van der Waals surface area contributed by atoms with Crippen molar-refractivity contribution in [3.8, 4) is 11.4 Å². The summed E-state index contributed by atoms with van der Waals surface area (Å²) in [6, 6.07) is 7.40. The number of ether oxygens (including phenoxy) is 1. The molecule has 4 rings (SSSR count). The van der Waals surface area contributed by atoms with Gasteiger partial charge in [-0.25, -0.2) is 10.1 Å². The molecule has 0 spiro atoms. The van der Waals surface area contributed by atoms with Gasteiger partial charge in [0.05, 0.1) is 19.0 Å². The van der Waals surface area contributed by atoms with Gasteiger partial charge in [-0.1, -0.05) is 10.3 Å². The van der Waals surface area contributed by atoms with Crippen LogP contribution in [0.5, 0.6) is 5.75 Å². The first kappa shape index (κ1) is 13.1. The van der Waals surface area contributed by atoms with Crippen molar-refractivity contribution in [2.24, 2.45) is 0 Å². The van der Waals surface area contributed by atoms with Gasteiger partial charge in [0.25, 0.3) is 0 Å². The average molecular weight is 310 g/mol. The number of benzene rings is 1. The van der Waals surface area contributed by atoms with E-state index in [9.17, 15) is 0 Å². The Balaban J connectivity index is 1.74. The molecule has 0 saturated heterocycles. The van der Waals surface area contributed by atoms with E-state index >= 15 is 0 Å². The van der Waals surface area contributed by atoms with E-state index in [1.54, 1.807) is 18.0 Å². The molecule has 4 aromatic rings. The van der Waals surface area contributed by atoms with Gasteiger partial charge in [-0.3, -0.25) is 5.32 Å². The minimum atomic E-state index is 0.327. The predicted octanol–water partition coefficient (Wildman–Crippen LogP) is 0.476. The van der Waals surface area contributed by atoms with Gasteiger partial charge in [-0.2, -0.15) is 9.67 Å². The van der Waals surface area contributed by atoms with Crippen LogP contribution in [0.1, 0.15) is 0 Å². The summed E-state index contributed by atoms with van der Waals surface area (Å²) in [4.78, 5) is 8.54. The topological polar surface area (TPSA) is 132 Å². The summed E-state index contributed by atoms with van der Waals surface area (Å²) in [6.07, 6.45) is 1.57. The molecule has 0 fully saturated rings. The van der Waals surface area contributed by atoms with Gasteiger partial charge in [0.15, 0.2) is 11.2 Å². The molecule has 11 nitrogen and oxygen atoms in total. The zero-order valence-corrected chi connectivity index (χ0v) is 11.9. The lowest BCUT2D eigenvalue weighted by Crippen LogP contribution is -2.02. The standard InChI is InChI=1S/C12H10N10O/c1-23-8-4-2-7(3-5-8)22-10-9(16-21-22)6-13-11(14-10)15-12-17-19-20-18-12/h2-6H,1H3,(H2,13,14,15,17,18,19,20). The highest BCUT2D eigenvalue weighted by Gasteiger charge is 2.11. The van der Waals surface area contributed by atoms with Gasteiger partial charge in [-0.15, -0.1) is 5.10 Å². The number of nitrogens with zero attached hydrogens (tertiary/aromatic N) is 8. The fraction of sp³-hybridized carbons (Fsp3) is 0.0833. The lowest BCUT2D eigenvalue weighted by molar-refractivity contribution is 0.414. The lowest BCUT2D eigenvalue weighted by atomic mass is 10.3. The molecular formula is C12H10N10O. The van der Waals surface area contributed by atoms with E-state index in [-0.39, 0.29) is 0 Å². The van der Waals surface area contributed by atoms with Crippen LogP contribution in [0, 0.1) is 0 Å². The summed E-state index contributed by atoms with van der Waals surface area (Å²) in [6.45, 7) is 0. The number of hydrogen-bond donors (Lipinski definition) is 2. The van der Waals surface area contributed by atoms with E-state index in [4.69, 9.17) is 4.74 Å². The number of H-pyrrole nitrogens is 1. The molecule has 0 amide bonds. The van der Waals surface area contributed by atoms with E-state index in [0.717, 1.165) is 11.4 Å². The van der Waals surface area contributed by atoms with Crippen LogP contribution in [-0.2, 0) is 0 Å². The van der Waals surface area contributed by atoms with E-state index in [0.29, 0.717) is 23.1 Å². The summed E-state index contributed by atoms with van der Waals surface area (Å²) < 4.78 is 6.76. The van der Waals surface area contributed by atoms with Gasteiger partial charge in [0.1, 0.15) is 5.75 Å². The maximum Gasteiger partial charge on any atom is 0.247 e. The van der Waals surface area contributed by atoms with E-state index in [1.165, 1.54) is 0 Å². The quantitative estimate of drug-likeness (QED) is 0.552. The van der Waals surface area contributed by atoms with Crippen molar-refractivity contribution in [1.29, 1.82) is 0 Å². The van der Waals surface area contributed by atoms with E-state index < -0.39 is 0 Å². The molecule has 0 aliphatic carbocycles. The Labute approximate surface area is 128 Å². The zero-order chi connectivity index (χ0) is 15.6. The second-order valence-electron chi connectivity index (χ2n) is 4.48. The minimum absolute atomic E-state index is 0.327. The molecule has 0 bridgehead atoms. The van der Waals surface area contributed by atoms with Crippen molar-refractivity contribution >= 4 is 23.1 Å². The Morgan fingerprint density at radius 3 is 2.78 bits per heavy atom. The number of rotatable bonds is 4. The van der Waals surface area contributed by atoms with Crippen molar-refractivity contribution in [2.75, 3.05) is 12.4 Å². The highest BCUT2D eigenvalue weighted by molar-refractivity contribution is 5.72. The molecule has 3 heterocycles. The van der Waals surface area contributed by atoms with Crippen molar-refractivity contribution < 1.29 is 4.74 Å². The van der Waals surface area contributed by atoms with Gasteiger partial charge in [0, 0.05) is 0 Å². The van der Waals surface area contributed by atoms with Crippen LogP contribution in [0.3, 0.4) is 0 Å². The Morgan fingerprint density at radius 2 is 2.04 bits per heavy atom. The molecule has 0 radical (unpaired) electrons. The molecule has 11 heteroatoms. The third-order valence-corrected chi connectivity index (χ3v) is 3.09. The summed E-state index contributed by atoms with van der Waals surface area (Å²) in [5.41, 5.74) is 1.93. The third-order valence-electron chi connectivity index (χ3n) is 3.09. The summed E-state index contributed by atoms with van der Waals surface area (Å²) in [5, 5.41) is 24.3. The number of anilines is 2. The molecule has 0 aliphatic rings. The van der Waals surface area contributed by atoms with Gasteiger partial charge >= 0.3 is 0 Å². The maximum absolute atomic E-state index is 5.15. The third kappa shape index (κ3) is 2.39. The molecule has 0 aliphatic heterocycles. The first-order valence-electron chi connectivity index (χ1n) is 6.57. The van der Waals surface area contributed by atoms with Gasteiger partial charge < -0.3 is 4.74 Å². The van der Waals surface area contributed by atoms with Crippen molar-refractivity contribution in [3.63, 3.8) is 0 Å². The number of aromatic amines is 1. The summed E-state index contributed by atoms with van der Waals surface area (Å²) >= 11 is 0. The number of nitrogens with one attached hydrogen (secondary N) is 2. The molecule has 23 heavy (non-hydrogen) atoms. The summed E-state index contributed by atoms with van der Waals surface area (Å²) in [5.74, 6) is 1.42. The normalized spacial score (nSPS) is 10.8.